The number of carbonyl (C=O) groups excluding carboxylic acids is 1. The third-order valence-electron chi connectivity index (χ3n) is 5.23. The van der Waals surface area contributed by atoms with Crippen LogP contribution in [0.2, 0.25) is 5.02 Å². The van der Waals surface area contributed by atoms with E-state index < -0.39 is 11.7 Å². The monoisotopic (exact) mass is 539 g/mol. The molecule has 0 bridgehead atoms. The van der Waals surface area contributed by atoms with Gasteiger partial charge in [0.2, 0.25) is 0 Å². The molecule has 0 N–H and O–H groups in total. The van der Waals surface area contributed by atoms with Gasteiger partial charge < -0.3 is 14.2 Å². The minimum absolute atomic E-state index is 0. The van der Waals surface area contributed by atoms with Crippen LogP contribution in [0, 0.1) is 7.05 Å². The summed E-state index contributed by atoms with van der Waals surface area (Å²) in [5.74, 6) is 0. The smallest absolute Gasteiger partial charge is 0.418 e. The van der Waals surface area contributed by atoms with Gasteiger partial charge in [-0.3, -0.25) is 9.36 Å². The molecule has 2 heterocycles. The molecule has 0 amide bonds. The molecule has 169 valence electrons. The molecule has 4 aromatic rings. The van der Waals surface area contributed by atoms with E-state index in [4.69, 9.17) is 16.3 Å². The predicted molar refractivity (Wildman–Crippen MR) is 131 cm³/mol. The first-order valence-corrected chi connectivity index (χ1v) is 10.6. The van der Waals surface area contributed by atoms with Crippen molar-refractivity contribution >= 4 is 45.2 Å². The van der Waals surface area contributed by atoms with Gasteiger partial charge in [0.15, 0.2) is 5.43 Å². The number of anilines is 1. The molecular formula is C25H25ClN3O3Y-. The van der Waals surface area contributed by atoms with Crippen LogP contribution in [0.4, 0.5) is 10.5 Å². The molecular weight excluding hydrogens is 515 g/mol. The fraction of sp³-hybridized carbons (Fsp3) is 0.240. The summed E-state index contributed by atoms with van der Waals surface area (Å²) in [7, 11) is 7.98. The van der Waals surface area contributed by atoms with Crippen LogP contribution < -0.4 is 10.3 Å². The number of benzene rings is 2. The first-order valence-electron chi connectivity index (χ1n) is 10.2. The van der Waals surface area contributed by atoms with Crippen LogP contribution in [0.1, 0.15) is 20.8 Å². The second kappa shape index (κ2) is 9.17. The molecule has 0 fully saturated rings. The predicted octanol–water partition coefficient (Wildman–Crippen LogP) is 5.76. The molecule has 4 rings (SSSR count). The standard InChI is InChI=1S/C25H25ClN3O3.Y/c1-25(2,3)32-24(31)29-12-11-16(14-29)15-7-8-17-20(13-15)28(6)21-18(23(17)30)9-10-19(26)22(21)27(4)5;/h7-14H,6H2,1-5H3;/q-1;. The van der Waals surface area contributed by atoms with E-state index in [1.54, 1.807) is 35.2 Å². The Balaban J connectivity index is 0.00000306. The molecule has 0 aliphatic rings. The number of carbonyl (C=O) groups is 1. The molecule has 0 saturated carbocycles. The number of ether oxygens (including phenoxy) is 1. The second-order valence-electron chi connectivity index (χ2n) is 8.96. The minimum Gasteiger partial charge on any atom is -0.479 e. The Morgan fingerprint density at radius 3 is 2.36 bits per heavy atom. The number of hydrogen-bond donors (Lipinski definition) is 0. The van der Waals surface area contributed by atoms with E-state index in [0.717, 1.165) is 16.8 Å². The molecule has 6 nitrogen and oxygen atoms in total. The number of rotatable bonds is 2. The van der Waals surface area contributed by atoms with Gasteiger partial charge >= 0.3 is 6.09 Å². The van der Waals surface area contributed by atoms with Gasteiger partial charge in [-0.2, -0.15) is 0 Å². The Bertz CT molecular complexity index is 1430. The molecule has 0 saturated heterocycles. The van der Waals surface area contributed by atoms with E-state index in [1.165, 1.54) is 4.57 Å². The summed E-state index contributed by atoms with van der Waals surface area (Å²) in [6.45, 7) is 5.47. The Hall–Kier alpha value is -2.28. The second-order valence-corrected chi connectivity index (χ2v) is 9.37. The number of pyridine rings is 1. The molecule has 1 radical (unpaired) electrons. The van der Waals surface area contributed by atoms with E-state index in [2.05, 4.69) is 7.05 Å². The van der Waals surface area contributed by atoms with Crippen molar-refractivity contribution in [2.45, 2.75) is 26.4 Å². The van der Waals surface area contributed by atoms with E-state index >= 15 is 0 Å². The molecule has 0 unspecified atom stereocenters. The molecule has 8 heteroatoms. The van der Waals surface area contributed by atoms with Crippen LogP contribution in [0.5, 0.6) is 0 Å². The maximum Gasteiger partial charge on any atom is 0.418 e. The summed E-state index contributed by atoms with van der Waals surface area (Å²) in [5.41, 5.74) is 3.10. The van der Waals surface area contributed by atoms with E-state index in [0.29, 0.717) is 26.8 Å². The fourth-order valence-electron chi connectivity index (χ4n) is 3.82. The maximum atomic E-state index is 13.2. The normalized spacial score (nSPS) is 11.5. The van der Waals surface area contributed by atoms with E-state index in [-0.39, 0.29) is 38.1 Å². The van der Waals surface area contributed by atoms with Gasteiger partial charge in [0.25, 0.3) is 0 Å². The van der Waals surface area contributed by atoms with Gasteiger partial charge in [0, 0.05) is 64.9 Å². The van der Waals surface area contributed by atoms with Crippen molar-refractivity contribution in [1.82, 2.24) is 9.13 Å². The maximum absolute atomic E-state index is 13.2. The van der Waals surface area contributed by atoms with Gasteiger partial charge in [0.05, 0.1) is 5.02 Å². The summed E-state index contributed by atoms with van der Waals surface area (Å²) in [6.07, 6.45) is 2.92. The Morgan fingerprint density at radius 1 is 1.06 bits per heavy atom. The Kier molecular flexibility index (Phi) is 7.04. The van der Waals surface area contributed by atoms with Crippen molar-refractivity contribution in [3.05, 3.63) is 71.1 Å². The van der Waals surface area contributed by atoms with Crippen molar-refractivity contribution in [2.75, 3.05) is 19.0 Å². The van der Waals surface area contributed by atoms with Crippen molar-refractivity contribution in [1.29, 1.82) is 0 Å². The zero-order valence-electron chi connectivity index (χ0n) is 19.3. The fourth-order valence-corrected chi connectivity index (χ4v) is 4.15. The topological polar surface area (TPSA) is 56.5 Å². The van der Waals surface area contributed by atoms with Crippen molar-refractivity contribution in [3.8, 4) is 11.1 Å². The summed E-state index contributed by atoms with van der Waals surface area (Å²) in [6, 6.07) is 10.9. The van der Waals surface area contributed by atoms with Crippen molar-refractivity contribution in [3.63, 3.8) is 0 Å². The zero-order chi connectivity index (χ0) is 23.4. The summed E-state index contributed by atoms with van der Waals surface area (Å²) in [5, 5.41) is 1.67. The van der Waals surface area contributed by atoms with E-state index in [9.17, 15) is 9.59 Å². The van der Waals surface area contributed by atoms with Crippen molar-refractivity contribution in [2.24, 2.45) is 0 Å². The number of halogens is 1. The largest absolute Gasteiger partial charge is 0.479 e. The number of hydrogen-bond acceptors (Lipinski definition) is 4. The number of nitrogens with zero attached hydrogens (tertiary/aromatic N) is 3. The number of fused-ring (bicyclic) bond motifs is 2. The molecule has 0 aliphatic carbocycles. The molecule has 33 heavy (non-hydrogen) atoms. The van der Waals surface area contributed by atoms with Crippen LogP contribution in [0.3, 0.4) is 0 Å². The van der Waals surface area contributed by atoms with Crippen LogP contribution in [0.15, 0.2) is 53.6 Å². The third-order valence-corrected chi connectivity index (χ3v) is 5.53. The first kappa shape index (κ1) is 25.3. The van der Waals surface area contributed by atoms with Gasteiger partial charge in [-0.25, -0.2) is 4.79 Å². The van der Waals surface area contributed by atoms with Crippen LogP contribution in [0.25, 0.3) is 32.9 Å². The van der Waals surface area contributed by atoms with E-state index in [1.807, 2.05) is 58.0 Å². The molecule has 0 spiro atoms. The summed E-state index contributed by atoms with van der Waals surface area (Å²) >= 11 is 6.45. The molecule has 0 aliphatic heterocycles. The molecule has 2 aromatic carbocycles. The SMILES string of the molecule is [CH2-]n1c2cc(-c3ccn(C(=O)OC(C)(C)C)c3)ccc2c(=O)c2ccc(Cl)c(N(C)C)c21.[Y]. The van der Waals surface area contributed by atoms with Crippen LogP contribution in [-0.2, 0) is 37.4 Å². The summed E-state index contributed by atoms with van der Waals surface area (Å²) < 4.78 is 8.59. The summed E-state index contributed by atoms with van der Waals surface area (Å²) in [4.78, 5) is 27.5. The third kappa shape index (κ3) is 4.70. The Morgan fingerprint density at radius 2 is 1.73 bits per heavy atom. The first-order chi connectivity index (χ1) is 15.0. The average Bonchev–Trinajstić information content (AvgIpc) is 3.20. The van der Waals surface area contributed by atoms with Gasteiger partial charge in [-0.15, -0.1) is 7.05 Å². The average molecular weight is 540 g/mol. The molecule has 2 aromatic heterocycles. The Labute approximate surface area is 223 Å². The number of aromatic nitrogens is 2. The van der Waals surface area contributed by atoms with Gasteiger partial charge in [-0.05, 0) is 60.3 Å². The quantitative estimate of drug-likeness (QED) is 0.240. The van der Waals surface area contributed by atoms with Crippen LogP contribution in [-0.4, -0.2) is 34.9 Å². The van der Waals surface area contributed by atoms with Gasteiger partial charge in [-0.1, -0.05) is 41.4 Å². The minimum atomic E-state index is -0.582. The van der Waals surface area contributed by atoms with Crippen LogP contribution >= 0.6 is 11.6 Å². The van der Waals surface area contributed by atoms with Gasteiger partial charge in [0.1, 0.15) is 5.60 Å². The van der Waals surface area contributed by atoms with Crippen molar-refractivity contribution < 1.29 is 42.2 Å². The molecule has 0 atom stereocenters. The zero-order valence-corrected chi connectivity index (χ0v) is 22.9.